The number of halogens is 1. The van der Waals surface area contributed by atoms with Gasteiger partial charge in [0.1, 0.15) is 5.82 Å². The van der Waals surface area contributed by atoms with E-state index in [4.69, 9.17) is 0 Å². The van der Waals surface area contributed by atoms with Crippen molar-refractivity contribution in [2.45, 2.75) is 45.1 Å². The summed E-state index contributed by atoms with van der Waals surface area (Å²) in [6, 6.07) is 6.36. The number of hydrogen-bond acceptors (Lipinski definition) is 3. The van der Waals surface area contributed by atoms with E-state index in [2.05, 4.69) is 29.3 Å². The molecule has 1 N–H and O–H groups in total. The number of piperidine rings is 1. The molecule has 1 unspecified atom stereocenters. The van der Waals surface area contributed by atoms with E-state index in [1.54, 1.807) is 17.7 Å². The van der Waals surface area contributed by atoms with Gasteiger partial charge >= 0.3 is 0 Å². The van der Waals surface area contributed by atoms with Crippen LogP contribution < -0.4 is 5.32 Å². The van der Waals surface area contributed by atoms with Gasteiger partial charge in [0.2, 0.25) is 0 Å². The molecule has 0 spiro atoms. The SMILES string of the molecule is CCC1=CC=C2NC3CCN(CCCC(=O)c4ccc(F)cc4)CC3=C2C1. The van der Waals surface area contributed by atoms with Gasteiger partial charge in [0, 0.05) is 30.8 Å². The van der Waals surface area contributed by atoms with Crippen molar-refractivity contribution in [3.63, 3.8) is 0 Å². The Balaban J connectivity index is 1.33. The number of nitrogens with one attached hydrogen (secondary N) is 1. The quantitative estimate of drug-likeness (QED) is 0.758. The largest absolute Gasteiger partial charge is 0.378 e. The normalized spacial score (nSPS) is 21.9. The first-order valence-corrected chi connectivity index (χ1v) is 10.0. The second kappa shape index (κ2) is 7.81. The molecule has 1 aromatic carbocycles. The maximum absolute atomic E-state index is 13.0. The number of allylic oxidation sites excluding steroid dienone is 4. The predicted molar refractivity (Wildman–Crippen MR) is 106 cm³/mol. The first-order chi connectivity index (χ1) is 13.1. The molecule has 0 saturated carbocycles. The molecule has 142 valence electrons. The summed E-state index contributed by atoms with van der Waals surface area (Å²) in [7, 11) is 0. The first-order valence-electron chi connectivity index (χ1n) is 10.0. The van der Waals surface area contributed by atoms with Crippen LogP contribution in [0.4, 0.5) is 4.39 Å². The van der Waals surface area contributed by atoms with E-state index in [1.165, 1.54) is 29.0 Å². The fraction of sp³-hybridized carbons (Fsp3) is 0.435. The Bertz CT molecular complexity index is 819. The molecule has 1 aliphatic carbocycles. The summed E-state index contributed by atoms with van der Waals surface area (Å²) < 4.78 is 13.0. The summed E-state index contributed by atoms with van der Waals surface area (Å²) in [4.78, 5) is 14.7. The number of ketones is 1. The van der Waals surface area contributed by atoms with Crippen molar-refractivity contribution >= 4 is 5.78 Å². The molecule has 1 aromatic rings. The van der Waals surface area contributed by atoms with Gasteiger partial charge in [-0.15, -0.1) is 0 Å². The Hall–Kier alpha value is -2.20. The topological polar surface area (TPSA) is 32.3 Å². The number of carbonyl (C=O) groups excluding carboxylic acids is 1. The van der Waals surface area contributed by atoms with E-state index in [1.807, 2.05) is 0 Å². The lowest BCUT2D eigenvalue weighted by molar-refractivity contribution is 0.0974. The molecular weight excluding hydrogens is 339 g/mol. The van der Waals surface area contributed by atoms with E-state index >= 15 is 0 Å². The second-order valence-electron chi connectivity index (χ2n) is 7.73. The fourth-order valence-corrected chi connectivity index (χ4v) is 4.35. The molecular formula is C23H27FN2O. The minimum atomic E-state index is -0.300. The van der Waals surface area contributed by atoms with Gasteiger partial charge in [-0.2, -0.15) is 0 Å². The minimum absolute atomic E-state index is 0.102. The average Bonchev–Trinajstić information content (AvgIpc) is 3.05. The lowest BCUT2D eigenvalue weighted by Crippen LogP contribution is -2.41. The molecule has 0 radical (unpaired) electrons. The molecule has 1 atom stereocenters. The van der Waals surface area contributed by atoms with Crippen molar-refractivity contribution in [3.8, 4) is 0 Å². The number of nitrogens with zero attached hydrogens (tertiary/aromatic N) is 1. The lowest BCUT2D eigenvalue weighted by Gasteiger charge is -2.32. The Kier molecular flexibility index (Phi) is 5.26. The zero-order valence-corrected chi connectivity index (χ0v) is 15.9. The van der Waals surface area contributed by atoms with Crippen LogP contribution in [0.3, 0.4) is 0 Å². The molecule has 3 nitrogen and oxygen atoms in total. The molecule has 2 aliphatic heterocycles. The predicted octanol–water partition coefficient (Wildman–Crippen LogP) is 4.39. The molecule has 4 rings (SSSR count). The first kappa shape index (κ1) is 18.2. The van der Waals surface area contributed by atoms with Crippen molar-refractivity contribution in [3.05, 3.63) is 70.2 Å². The van der Waals surface area contributed by atoms with Crippen LogP contribution in [0.5, 0.6) is 0 Å². The number of likely N-dealkylation sites (tertiary alicyclic amines) is 1. The molecule has 1 saturated heterocycles. The highest BCUT2D eigenvalue weighted by molar-refractivity contribution is 5.95. The third-order valence-corrected chi connectivity index (χ3v) is 5.98. The smallest absolute Gasteiger partial charge is 0.162 e. The van der Waals surface area contributed by atoms with Crippen LogP contribution >= 0.6 is 0 Å². The van der Waals surface area contributed by atoms with Crippen LogP contribution in [-0.4, -0.2) is 36.4 Å². The van der Waals surface area contributed by atoms with Gasteiger partial charge in [-0.05, 0) is 73.7 Å². The summed E-state index contributed by atoms with van der Waals surface area (Å²) in [5.41, 5.74) is 6.49. The van der Waals surface area contributed by atoms with Crippen LogP contribution in [0.2, 0.25) is 0 Å². The van der Waals surface area contributed by atoms with Crippen molar-refractivity contribution in [1.82, 2.24) is 10.2 Å². The van der Waals surface area contributed by atoms with E-state index in [0.29, 0.717) is 18.0 Å². The third-order valence-electron chi connectivity index (χ3n) is 5.98. The molecule has 27 heavy (non-hydrogen) atoms. The summed E-state index contributed by atoms with van der Waals surface area (Å²) >= 11 is 0. The van der Waals surface area contributed by atoms with E-state index in [-0.39, 0.29) is 11.6 Å². The zero-order chi connectivity index (χ0) is 18.8. The van der Waals surface area contributed by atoms with Gasteiger partial charge in [-0.25, -0.2) is 4.39 Å². The Morgan fingerprint density at radius 2 is 2.07 bits per heavy atom. The highest BCUT2D eigenvalue weighted by Crippen LogP contribution is 2.37. The van der Waals surface area contributed by atoms with Gasteiger partial charge in [-0.1, -0.05) is 18.6 Å². The maximum Gasteiger partial charge on any atom is 0.162 e. The zero-order valence-electron chi connectivity index (χ0n) is 15.9. The molecule has 0 bridgehead atoms. The molecule has 1 fully saturated rings. The van der Waals surface area contributed by atoms with Gasteiger partial charge in [-0.3, -0.25) is 9.69 Å². The maximum atomic E-state index is 13.0. The monoisotopic (exact) mass is 366 g/mol. The standard InChI is InChI=1S/C23H27FN2O/c1-2-16-5-10-21-19(14-16)20-15-26(13-11-22(20)25-21)12-3-4-23(27)17-6-8-18(24)9-7-17/h5-10,22,25H,2-4,11-15H2,1H3. The van der Waals surface area contributed by atoms with Gasteiger partial charge < -0.3 is 5.32 Å². The number of hydrogen-bond donors (Lipinski definition) is 1. The van der Waals surface area contributed by atoms with E-state index in [9.17, 15) is 9.18 Å². The summed E-state index contributed by atoms with van der Waals surface area (Å²) in [5, 5.41) is 3.69. The number of fused-ring (bicyclic) bond motifs is 2. The van der Waals surface area contributed by atoms with Crippen LogP contribution in [0.1, 0.15) is 49.4 Å². The fourth-order valence-electron chi connectivity index (χ4n) is 4.35. The summed E-state index contributed by atoms with van der Waals surface area (Å²) in [6.07, 6.45) is 9.20. The summed E-state index contributed by atoms with van der Waals surface area (Å²) in [6.45, 7) is 5.24. The third kappa shape index (κ3) is 3.91. The molecule has 2 heterocycles. The van der Waals surface area contributed by atoms with Gasteiger partial charge in [0.15, 0.2) is 5.78 Å². The van der Waals surface area contributed by atoms with Crippen LogP contribution in [-0.2, 0) is 0 Å². The number of Topliss-reactive ketones (excluding diaryl/α,β-unsaturated/α-hetero) is 1. The van der Waals surface area contributed by atoms with Crippen molar-refractivity contribution < 1.29 is 9.18 Å². The molecule has 0 aromatic heterocycles. The molecule has 4 heteroatoms. The van der Waals surface area contributed by atoms with Crippen LogP contribution in [0.15, 0.2) is 58.8 Å². The number of rotatable bonds is 6. The van der Waals surface area contributed by atoms with Crippen molar-refractivity contribution in [1.29, 1.82) is 0 Å². The highest BCUT2D eigenvalue weighted by Gasteiger charge is 2.33. The van der Waals surface area contributed by atoms with Crippen molar-refractivity contribution in [2.75, 3.05) is 19.6 Å². The summed E-state index contributed by atoms with van der Waals surface area (Å²) in [5.74, 6) is -0.198. The minimum Gasteiger partial charge on any atom is -0.378 e. The van der Waals surface area contributed by atoms with Crippen LogP contribution in [0, 0.1) is 5.82 Å². The number of carbonyl (C=O) groups is 1. The van der Waals surface area contributed by atoms with E-state index in [0.717, 1.165) is 45.3 Å². The lowest BCUT2D eigenvalue weighted by atomic mass is 9.90. The Labute approximate surface area is 160 Å². The Morgan fingerprint density at radius 1 is 1.26 bits per heavy atom. The Morgan fingerprint density at radius 3 is 2.85 bits per heavy atom. The van der Waals surface area contributed by atoms with Crippen molar-refractivity contribution in [2.24, 2.45) is 0 Å². The van der Waals surface area contributed by atoms with E-state index < -0.39 is 0 Å². The second-order valence-corrected chi connectivity index (χ2v) is 7.73. The highest BCUT2D eigenvalue weighted by atomic mass is 19.1. The average molecular weight is 366 g/mol. The van der Waals surface area contributed by atoms with Crippen LogP contribution in [0.25, 0.3) is 0 Å². The molecule has 3 aliphatic rings. The van der Waals surface area contributed by atoms with Gasteiger partial charge in [0.05, 0.1) is 6.04 Å². The van der Waals surface area contributed by atoms with Gasteiger partial charge in [0.25, 0.3) is 0 Å². The number of benzene rings is 1. The molecule has 0 amide bonds.